The lowest BCUT2D eigenvalue weighted by molar-refractivity contribution is -0.128. The smallest absolute Gasteiger partial charge is 0.168 e. The number of Topliss-reactive ketones (excluding diaryl/α,β-unsaturated/α-hetero) is 1. The lowest BCUT2D eigenvalue weighted by atomic mass is 9.81. The summed E-state index contributed by atoms with van der Waals surface area (Å²) in [4.78, 5) is 11.9. The van der Waals surface area contributed by atoms with Gasteiger partial charge in [-0.1, -0.05) is 30.3 Å². The van der Waals surface area contributed by atoms with Gasteiger partial charge in [0.2, 0.25) is 0 Å². The van der Waals surface area contributed by atoms with Gasteiger partial charge in [0.25, 0.3) is 0 Å². The summed E-state index contributed by atoms with van der Waals surface area (Å²) in [5.74, 6) is 0.121. The third-order valence-corrected chi connectivity index (χ3v) is 2.63. The Morgan fingerprint density at radius 3 is 2.40 bits per heavy atom. The maximum Gasteiger partial charge on any atom is 0.168 e. The van der Waals surface area contributed by atoms with Crippen molar-refractivity contribution in [2.75, 3.05) is 13.2 Å². The highest BCUT2D eigenvalue weighted by Gasteiger charge is 2.28. The average molecular weight is 206 g/mol. The molecule has 0 radical (unpaired) electrons. The van der Waals surface area contributed by atoms with E-state index in [1.54, 1.807) is 0 Å². The largest absolute Gasteiger partial charge is 0.374 e. The fourth-order valence-electron chi connectivity index (χ4n) is 1.39. The quantitative estimate of drug-likeness (QED) is 0.740. The molecular weight excluding hydrogens is 188 g/mol. The van der Waals surface area contributed by atoms with Crippen LogP contribution >= 0.6 is 0 Å². The molecule has 0 aliphatic carbocycles. The fraction of sp³-hybridized carbons (Fsp3) is 0.462. The zero-order chi connectivity index (χ0) is 11.3. The van der Waals surface area contributed by atoms with Crippen molar-refractivity contribution in [2.45, 2.75) is 26.2 Å². The maximum atomic E-state index is 11.9. The minimum atomic E-state index is -0.462. The van der Waals surface area contributed by atoms with E-state index in [1.807, 2.05) is 51.1 Å². The summed E-state index contributed by atoms with van der Waals surface area (Å²) >= 11 is 0. The first-order valence-electron chi connectivity index (χ1n) is 5.25. The van der Waals surface area contributed by atoms with E-state index in [0.717, 1.165) is 5.56 Å². The Kier molecular flexibility index (Phi) is 4.04. The van der Waals surface area contributed by atoms with Crippen molar-refractivity contribution in [3.05, 3.63) is 35.9 Å². The number of carbonyl (C=O) groups excluding carboxylic acids is 1. The Balaban J connectivity index is 2.78. The highest BCUT2D eigenvalue weighted by Crippen LogP contribution is 2.23. The number of carbonyl (C=O) groups is 1. The van der Waals surface area contributed by atoms with Crippen molar-refractivity contribution >= 4 is 5.78 Å². The van der Waals surface area contributed by atoms with Gasteiger partial charge in [0.05, 0.1) is 5.41 Å². The van der Waals surface area contributed by atoms with Crippen LogP contribution in [0.1, 0.15) is 26.3 Å². The van der Waals surface area contributed by atoms with Gasteiger partial charge in [-0.2, -0.15) is 0 Å². The van der Waals surface area contributed by atoms with Crippen molar-refractivity contribution in [3.8, 4) is 0 Å². The van der Waals surface area contributed by atoms with Crippen molar-refractivity contribution < 1.29 is 9.53 Å². The van der Waals surface area contributed by atoms with Gasteiger partial charge in [0.15, 0.2) is 5.78 Å². The molecule has 0 heterocycles. The van der Waals surface area contributed by atoms with Gasteiger partial charge >= 0.3 is 0 Å². The van der Waals surface area contributed by atoms with Gasteiger partial charge in [-0.25, -0.2) is 0 Å². The minimum Gasteiger partial charge on any atom is -0.374 e. The van der Waals surface area contributed by atoms with Crippen LogP contribution in [0.3, 0.4) is 0 Å². The van der Waals surface area contributed by atoms with Crippen LogP contribution in [-0.4, -0.2) is 19.0 Å². The second kappa shape index (κ2) is 5.08. The van der Waals surface area contributed by atoms with Crippen molar-refractivity contribution in [3.63, 3.8) is 0 Å². The predicted molar refractivity (Wildman–Crippen MR) is 61.0 cm³/mol. The van der Waals surface area contributed by atoms with E-state index in [0.29, 0.717) is 6.61 Å². The first-order chi connectivity index (χ1) is 7.09. The van der Waals surface area contributed by atoms with Gasteiger partial charge in [-0.15, -0.1) is 0 Å². The molecule has 0 fully saturated rings. The summed E-state index contributed by atoms with van der Waals surface area (Å²) in [5.41, 5.74) is 0.575. The summed E-state index contributed by atoms with van der Waals surface area (Å²) < 4.78 is 5.15. The topological polar surface area (TPSA) is 26.3 Å². The standard InChI is InChI=1S/C13H18O2/c1-4-15-10-12(14)13(2,3)11-8-6-5-7-9-11/h5-9H,4,10H2,1-3H3. The SMILES string of the molecule is CCOCC(=O)C(C)(C)c1ccccc1. The molecule has 2 heteroatoms. The monoisotopic (exact) mass is 206 g/mol. The molecule has 15 heavy (non-hydrogen) atoms. The molecule has 2 nitrogen and oxygen atoms in total. The Morgan fingerprint density at radius 1 is 1.27 bits per heavy atom. The minimum absolute atomic E-state index is 0.121. The second-order valence-corrected chi connectivity index (χ2v) is 4.05. The predicted octanol–water partition coefficient (Wildman–Crippen LogP) is 2.57. The highest BCUT2D eigenvalue weighted by molar-refractivity contribution is 5.90. The summed E-state index contributed by atoms with van der Waals surface area (Å²) in [6, 6.07) is 9.80. The van der Waals surface area contributed by atoms with Crippen LogP contribution in [0, 0.1) is 0 Å². The highest BCUT2D eigenvalue weighted by atomic mass is 16.5. The van der Waals surface area contributed by atoms with Gasteiger partial charge < -0.3 is 4.74 Å². The Morgan fingerprint density at radius 2 is 1.87 bits per heavy atom. The van der Waals surface area contributed by atoms with E-state index in [1.165, 1.54) is 0 Å². The molecule has 0 unspecified atom stereocenters. The zero-order valence-electron chi connectivity index (χ0n) is 9.62. The first kappa shape index (κ1) is 11.9. The molecule has 0 amide bonds. The number of hydrogen-bond donors (Lipinski definition) is 0. The van der Waals surface area contributed by atoms with Crippen LogP contribution < -0.4 is 0 Å². The molecule has 0 bridgehead atoms. The number of benzene rings is 1. The zero-order valence-corrected chi connectivity index (χ0v) is 9.62. The second-order valence-electron chi connectivity index (χ2n) is 4.05. The van der Waals surface area contributed by atoms with Crippen molar-refractivity contribution in [1.82, 2.24) is 0 Å². The molecule has 1 aromatic carbocycles. The molecule has 0 saturated heterocycles. The molecule has 1 aromatic rings. The van der Waals surface area contributed by atoms with Gasteiger partial charge in [0.1, 0.15) is 6.61 Å². The van der Waals surface area contributed by atoms with E-state index < -0.39 is 5.41 Å². The molecule has 0 aromatic heterocycles. The Labute approximate surface area is 91.3 Å². The molecule has 1 rings (SSSR count). The van der Waals surface area contributed by atoms with Crippen molar-refractivity contribution in [1.29, 1.82) is 0 Å². The third-order valence-electron chi connectivity index (χ3n) is 2.63. The van der Waals surface area contributed by atoms with Crippen LogP contribution in [0.25, 0.3) is 0 Å². The van der Waals surface area contributed by atoms with E-state index in [4.69, 9.17) is 4.74 Å². The molecule has 0 N–H and O–H groups in total. The first-order valence-corrected chi connectivity index (χ1v) is 5.25. The molecule has 0 spiro atoms. The number of hydrogen-bond acceptors (Lipinski definition) is 2. The number of ketones is 1. The third kappa shape index (κ3) is 2.90. The van der Waals surface area contributed by atoms with Gasteiger partial charge in [-0.3, -0.25) is 4.79 Å². The van der Waals surface area contributed by atoms with Gasteiger partial charge in [0, 0.05) is 6.61 Å². The molecule has 0 aliphatic heterocycles. The molecule has 0 aliphatic rings. The number of rotatable bonds is 5. The van der Waals surface area contributed by atoms with Crippen molar-refractivity contribution in [2.24, 2.45) is 0 Å². The maximum absolute atomic E-state index is 11.9. The molecule has 82 valence electrons. The van der Waals surface area contributed by atoms with Crippen LogP contribution in [0.5, 0.6) is 0 Å². The lowest BCUT2D eigenvalue weighted by Gasteiger charge is -2.23. The van der Waals surface area contributed by atoms with E-state index in [9.17, 15) is 4.79 Å². The van der Waals surface area contributed by atoms with E-state index in [2.05, 4.69) is 0 Å². The molecule has 0 saturated carbocycles. The summed E-state index contributed by atoms with van der Waals surface area (Å²) in [5, 5.41) is 0. The van der Waals surface area contributed by atoms with Crippen LogP contribution in [0.15, 0.2) is 30.3 Å². The van der Waals surface area contributed by atoms with Crippen LogP contribution in [0.4, 0.5) is 0 Å². The van der Waals surface area contributed by atoms with Gasteiger partial charge in [-0.05, 0) is 26.3 Å². The average Bonchev–Trinajstić information content (AvgIpc) is 2.27. The van der Waals surface area contributed by atoms with E-state index >= 15 is 0 Å². The van der Waals surface area contributed by atoms with E-state index in [-0.39, 0.29) is 12.4 Å². The summed E-state index contributed by atoms with van der Waals surface area (Å²) in [7, 11) is 0. The summed E-state index contributed by atoms with van der Waals surface area (Å²) in [6.07, 6.45) is 0. The lowest BCUT2D eigenvalue weighted by Crippen LogP contribution is -2.32. The fourth-order valence-corrected chi connectivity index (χ4v) is 1.39. The Bertz CT molecular complexity index is 315. The molecule has 0 atom stereocenters. The Hall–Kier alpha value is -1.15. The van der Waals surface area contributed by atoms with Crippen LogP contribution in [0.2, 0.25) is 0 Å². The normalized spacial score (nSPS) is 11.4. The molecular formula is C13H18O2. The summed E-state index contributed by atoms with van der Waals surface area (Å²) in [6.45, 7) is 6.53. The van der Waals surface area contributed by atoms with Crippen LogP contribution in [-0.2, 0) is 14.9 Å². The number of ether oxygens (including phenoxy) is 1.